The van der Waals surface area contributed by atoms with Crippen LogP contribution in [0.15, 0.2) is 54.6 Å². The van der Waals surface area contributed by atoms with E-state index in [1.807, 2.05) is 6.07 Å². The van der Waals surface area contributed by atoms with Crippen LogP contribution in [0.5, 0.6) is 0 Å². The quantitative estimate of drug-likeness (QED) is 0.925. The molecule has 3 rings (SSSR count). The van der Waals surface area contributed by atoms with E-state index in [9.17, 15) is 0 Å². The molecular weight excluding hydrogens is 244 g/mol. The molecule has 2 nitrogen and oxygen atoms in total. The van der Waals surface area contributed by atoms with Crippen molar-refractivity contribution in [1.82, 2.24) is 4.90 Å². The first-order chi connectivity index (χ1) is 9.65. The van der Waals surface area contributed by atoms with Crippen LogP contribution in [0, 0.1) is 0 Å². The number of hydrogen-bond acceptors (Lipinski definition) is 2. The van der Waals surface area contributed by atoms with Crippen molar-refractivity contribution in [2.24, 2.45) is 5.73 Å². The summed E-state index contributed by atoms with van der Waals surface area (Å²) in [6.45, 7) is 5.13. The molecule has 20 heavy (non-hydrogen) atoms. The summed E-state index contributed by atoms with van der Waals surface area (Å²) < 4.78 is 0. The molecule has 0 saturated carbocycles. The third-order valence-electron chi connectivity index (χ3n) is 4.20. The molecule has 0 saturated heterocycles. The van der Waals surface area contributed by atoms with E-state index in [4.69, 9.17) is 5.73 Å². The second kappa shape index (κ2) is 5.39. The van der Waals surface area contributed by atoms with E-state index in [1.54, 1.807) is 0 Å². The lowest BCUT2D eigenvalue weighted by atomic mass is 9.91. The summed E-state index contributed by atoms with van der Waals surface area (Å²) in [6, 6.07) is 19.1. The molecule has 0 fully saturated rings. The molecule has 1 atom stereocenters. The number of nitrogens with zero attached hydrogens (tertiary/aromatic N) is 1. The van der Waals surface area contributed by atoms with E-state index in [2.05, 4.69) is 60.4 Å². The second-order valence-corrected chi connectivity index (χ2v) is 6.01. The summed E-state index contributed by atoms with van der Waals surface area (Å²) in [7, 11) is 0. The van der Waals surface area contributed by atoms with E-state index in [1.165, 1.54) is 16.7 Å². The van der Waals surface area contributed by atoms with Crippen LogP contribution < -0.4 is 5.73 Å². The molecule has 0 radical (unpaired) electrons. The Morgan fingerprint density at radius 3 is 2.40 bits per heavy atom. The molecule has 0 bridgehead atoms. The van der Waals surface area contributed by atoms with Crippen LogP contribution in [0.4, 0.5) is 0 Å². The van der Waals surface area contributed by atoms with Crippen LogP contribution in [-0.4, -0.2) is 18.0 Å². The van der Waals surface area contributed by atoms with E-state index in [-0.39, 0.29) is 5.54 Å². The summed E-state index contributed by atoms with van der Waals surface area (Å²) in [5.74, 6) is 0. The summed E-state index contributed by atoms with van der Waals surface area (Å²) in [5.41, 5.74) is 10.4. The van der Waals surface area contributed by atoms with Gasteiger partial charge in [0, 0.05) is 19.6 Å². The highest BCUT2D eigenvalue weighted by molar-refractivity contribution is 5.30. The van der Waals surface area contributed by atoms with Crippen LogP contribution in [0.3, 0.4) is 0 Å². The summed E-state index contributed by atoms with van der Waals surface area (Å²) in [6.07, 6.45) is 1.13. The molecule has 2 heteroatoms. The highest BCUT2D eigenvalue weighted by atomic mass is 15.1. The number of fused-ring (bicyclic) bond motifs is 1. The Balaban J connectivity index is 1.73. The number of nitrogens with two attached hydrogens (primary N) is 1. The molecule has 0 aliphatic carbocycles. The van der Waals surface area contributed by atoms with Crippen LogP contribution >= 0.6 is 0 Å². The zero-order valence-electron chi connectivity index (χ0n) is 12.0. The second-order valence-electron chi connectivity index (χ2n) is 6.01. The normalized spacial score (nSPS) is 18.3. The third kappa shape index (κ3) is 2.77. The number of rotatable bonds is 3. The lowest BCUT2D eigenvalue weighted by molar-refractivity contribution is 0.201. The molecule has 1 unspecified atom stereocenters. The van der Waals surface area contributed by atoms with Crippen molar-refractivity contribution in [1.29, 1.82) is 0 Å². The molecule has 1 aliphatic rings. The maximum absolute atomic E-state index is 6.55. The van der Waals surface area contributed by atoms with Gasteiger partial charge in [-0.3, -0.25) is 4.90 Å². The number of benzene rings is 2. The largest absolute Gasteiger partial charge is 0.321 e. The van der Waals surface area contributed by atoms with Crippen LogP contribution in [0.25, 0.3) is 0 Å². The average molecular weight is 266 g/mol. The minimum Gasteiger partial charge on any atom is -0.321 e. The third-order valence-corrected chi connectivity index (χ3v) is 4.20. The Hall–Kier alpha value is -1.64. The fourth-order valence-electron chi connectivity index (χ4n) is 3.06. The van der Waals surface area contributed by atoms with Gasteiger partial charge in [0.1, 0.15) is 0 Å². The highest BCUT2D eigenvalue weighted by Crippen LogP contribution is 2.23. The van der Waals surface area contributed by atoms with Gasteiger partial charge in [-0.2, -0.15) is 0 Å². The molecule has 2 aromatic carbocycles. The predicted octanol–water partition coefficient (Wildman–Crippen LogP) is 2.92. The molecule has 0 spiro atoms. The average Bonchev–Trinajstić information content (AvgIpc) is 2.48. The van der Waals surface area contributed by atoms with E-state index < -0.39 is 0 Å². The van der Waals surface area contributed by atoms with Gasteiger partial charge in [-0.25, -0.2) is 0 Å². The van der Waals surface area contributed by atoms with Crippen molar-refractivity contribution in [3.63, 3.8) is 0 Å². The summed E-state index contributed by atoms with van der Waals surface area (Å²) in [5, 5.41) is 0. The van der Waals surface area contributed by atoms with Gasteiger partial charge < -0.3 is 5.73 Å². The minimum absolute atomic E-state index is 0.298. The fourth-order valence-corrected chi connectivity index (χ4v) is 3.06. The van der Waals surface area contributed by atoms with Crippen molar-refractivity contribution in [3.05, 3.63) is 71.3 Å². The molecular formula is C18H22N2. The van der Waals surface area contributed by atoms with Crippen molar-refractivity contribution >= 4 is 0 Å². The summed E-state index contributed by atoms with van der Waals surface area (Å²) in [4.78, 5) is 2.47. The monoisotopic (exact) mass is 266 g/mol. The van der Waals surface area contributed by atoms with Crippen LogP contribution in [0.1, 0.15) is 23.6 Å². The van der Waals surface area contributed by atoms with E-state index >= 15 is 0 Å². The Labute approximate surface area is 121 Å². The van der Waals surface area contributed by atoms with Gasteiger partial charge in [0.15, 0.2) is 0 Å². The Morgan fingerprint density at radius 1 is 1.00 bits per heavy atom. The number of hydrogen-bond donors (Lipinski definition) is 1. The van der Waals surface area contributed by atoms with Crippen LogP contribution in [-0.2, 0) is 18.5 Å². The molecule has 2 N–H and O–H groups in total. The van der Waals surface area contributed by atoms with Gasteiger partial charge in [0.2, 0.25) is 0 Å². The van der Waals surface area contributed by atoms with Crippen molar-refractivity contribution in [2.45, 2.75) is 25.4 Å². The minimum atomic E-state index is -0.298. The standard InChI is InChI=1S/C18H22N2/c1-18(19,17-9-3-2-4-10-17)14-20-12-11-15-7-5-6-8-16(15)13-20/h2-10H,11-14,19H2,1H3. The predicted molar refractivity (Wildman–Crippen MR) is 83.4 cm³/mol. The van der Waals surface area contributed by atoms with Crippen LogP contribution in [0.2, 0.25) is 0 Å². The summed E-state index contributed by atoms with van der Waals surface area (Å²) >= 11 is 0. The molecule has 1 aliphatic heterocycles. The maximum Gasteiger partial charge on any atom is 0.0510 e. The van der Waals surface area contributed by atoms with E-state index in [0.29, 0.717) is 0 Å². The van der Waals surface area contributed by atoms with Gasteiger partial charge in [-0.05, 0) is 30.0 Å². The SMILES string of the molecule is CC(N)(CN1CCc2ccccc2C1)c1ccccc1. The smallest absolute Gasteiger partial charge is 0.0510 e. The molecule has 2 aromatic rings. The first-order valence-corrected chi connectivity index (χ1v) is 7.29. The zero-order valence-corrected chi connectivity index (χ0v) is 12.0. The first-order valence-electron chi connectivity index (χ1n) is 7.29. The molecule has 0 aromatic heterocycles. The lowest BCUT2D eigenvalue weighted by Crippen LogP contribution is -2.46. The lowest BCUT2D eigenvalue weighted by Gasteiger charge is -2.36. The zero-order chi connectivity index (χ0) is 14.0. The molecule has 1 heterocycles. The van der Waals surface area contributed by atoms with Gasteiger partial charge in [0.25, 0.3) is 0 Å². The van der Waals surface area contributed by atoms with Crippen molar-refractivity contribution < 1.29 is 0 Å². The van der Waals surface area contributed by atoms with Gasteiger partial charge in [-0.15, -0.1) is 0 Å². The van der Waals surface area contributed by atoms with Crippen molar-refractivity contribution in [2.75, 3.05) is 13.1 Å². The Bertz CT molecular complexity index is 575. The topological polar surface area (TPSA) is 29.3 Å². The van der Waals surface area contributed by atoms with Gasteiger partial charge in [-0.1, -0.05) is 54.6 Å². The Kier molecular flexibility index (Phi) is 3.60. The van der Waals surface area contributed by atoms with Gasteiger partial charge in [0.05, 0.1) is 5.54 Å². The highest BCUT2D eigenvalue weighted by Gasteiger charge is 2.26. The fraction of sp³-hybridized carbons (Fsp3) is 0.333. The van der Waals surface area contributed by atoms with Crippen molar-refractivity contribution in [3.8, 4) is 0 Å². The molecule has 104 valence electrons. The Morgan fingerprint density at radius 2 is 1.65 bits per heavy atom. The van der Waals surface area contributed by atoms with Gasteiger partial charge >= 0.3 is 0 Å². The first kappa shape index (κ1) is 13.3. The van der Waals surface area contributed by atoms with E-state index in [0.717, 1.165) is 26.1 Å². The molecule has 0 amide bonds. The maximum atomic E-state index is 6.55.